The third kappa shape index (κ3) is 3.43. The van der Waals surface area contributed by atoms with Gasteiger partial charge in [0.1, 0.15) is 6.04 Å². The lowest BCUT2D eigenvalue weighted by Crippen LogP contribution is -2.35. The number of aromatic nitrogens is 1. The van der Waals surface area contributed by atoms with Gasteiger partial charge >= 0.3 is 5.97 Å². The van der Waals surface area contributed by atoms with Crippen molar-refractivity contribution in [2.24, 2.45) is 0 Å². The molecule has 1 unspecified atom stereocenters. The average Bonchev–Trinajstić information content (AvgIpc) is 2.64. The molecule has 14 heavy (non-hydrogen) atoms. The maximum absolute atomic E-state index is 10.8. The Labute approximate surface area is 87.0 Å². The van der Waals surface area contributed by atoms with Gasteiger partial charge in [0.25, 0.3) is 0 Å². The minimum Gasteiger partial charge on any atom is -0.480 e. The lowest BCUT2D eigenvalue weighted by Gasteiger charge is -2.11. The highest BCUT2D eigenvalue weighted by Crippen LogP contribution is 2.06. The van der Waals surface area contributed by atoms with Gasteiger partial charge in [-0.05, 0) is 6.42 Å². The summed E-state index contributed by atoms with van der Waals surface area (Å²) in [4.78, 5) is 15.8. The van der Waals surface area contributed by atoms with Gasteiger partial charge in [-0.1, -0.05) is 13.3 Å². The standard InChI is InChI=1S/C9H14N2O2S/c1-2-3-8(9(12)13)11-5-7-4-10-6-14-7/h4,6,8,11H,2-3,5H2,1H3,(H,12,13). The molecule has 0 saturated heterocycles. The van der Waals surface area contributed by atoms with E-state index < -0.39 is 12.0 Å². The van der Waals surface area contributed by atoms with Gasteiger partial charge < -0.3 is 5.11 Å². The molecular weight excluding hydrogens is 200 g/mol. The molecule has 1 rings (SSSR count). The van der Waals surface area contributed by atoms with Gasteiger partial charge in [0, 0.05) is 17.6 Å². The van der Waals surface area contributed by atoms with Crippen LogP contribution in [0.4, 0.5) is 0 Å². The summed E-state index contributed by atoms with van der Waals surface area (Å²) in [5.74, 6) is -0.781. The summed E-state index contributed by atoms with van der Waals surface area (Å²) in [5.41, 5.74) is 1.74. The Kier molecular flexibility index (Phi) is 4.55. The monoisotopic (exact) mass is 214 g/mol. The fourth-order valence-electron chi connectivity index (χ4n) is 1.15. The minimum absolute atomic E-state index is 0.443. The van der Waals surface area contributed by atoms with Crippen LogP contribution in [0.5, 0.6) is 0 Å². The summed E-state index contributed by atoms with van der Waals surface area (Å²) in [6, 6.07) is -0.443. The maximum Gasteiger partial charge on any atom is 0.320 e. The van der Waals surface area contributed by atoms with Gasteiger partial charge in [0.05, 0.1) is 5.51 Å². The Balaban J connectivity index is 2.37. The number of aliphatic carboxylic acids is 1. The molecule has 4 nitrogen and oxygen atoms in total. The molecule has 0 fully saturated rings. The molecule has 1 aromatic heterocycles. The van der Waals surface area contributed by atoms with E-state index in [-0.39, 0.29) is 0 Å². The molecule has 0 saturated carbocycles. The molecule has 5 heteroatoms. The van der Waals surface area contributed by atoms with Crippen molar-refractivity contribution >= 4 is 17.3 Å². The van der Waals surface area contributed by atoms with Gasteiger partial charge in [0.2, 0.25) is 0 Å². The van der Waals surface area contributed by atoms with Crippen molar-refractivity contribution in [1.82, 2.24) is 10.3 Å². The van der Waals surface area contributed by atoms with Crippen LogP contribution in [0, 0.1) is 0 Å². The third-order valence-corrected chi connectivity index (χ3v) is 2.66. The van der Waals surface area contributed by atoms with E-state index in [9.17, 15) is 4.79 Å². The van der Waals surface area contributed by atoms with E-state index in [4.69, 9.17) is 5.11 Å². The zero-order valence-corrected chi connectivity index (χ0v) is 8.88. The zero-order valence-electron chi connectivity index (χ0n) is 8.06. The van der Waals surface area contributed by atoms with Crippen LogP contribution >= 0.6 is 11.3 Å². The van der Waals surface area contributed by atoms with E-state index in [2.05, 4.69) is 10.3 Å². The molecule has 0 aliphatic heterocycles. The van der Waals surface area contributed by atoms with E-state index in [0.717, 1.165) is 11.3 Å². The number of carboxylic acid groups (broad SMARTS) is 1. The van der Waals surface area contributed by atoms with Gasteiger partial charge in [0.15, 0.2) is 0 Å². The SMILES string of the molecule is CCCC(NCc1cncs1)C(=O)O. The van der Waals surface area contributed by atoms with Crippen molar-refractivity contribution in [2.45, 2.75) is 32.4 Å². The summed E-state index contributed by atoms with van der Waals surface area (Å²) in [6.45, 7) is 2.56. The Hall–Kier alpha value is -0.940. The first-order valence-corrected chi connectivity index (χ1v) is 5.45. The van der Waals surface area contributed by atoms with Gasteiger partial charge in [-0.15, -0.1) is 11.3 Å². The van der Waals surface area contributed by atoms with Crippen LogP contribution in [-0.4, -0.2) is 22.1 Å². The molecule has 2 N–H and O–H groups in total. The molecular formula is C9H14N2O2S. The van der Waals surface area contributed by atoms with E-state index >= 15 is 0 Å². The summed E-state index contributed by atoms with van der Waals surface area (Å²) in [7, 11) is 0. The number of thiazole rings is 1. The molecule has 0 aliphatic carbocycles. The van der Waals surface area contributed by atoms with E-state index in [0.29, 0.717) is 13.0 Å². The normalized spacial score (nSPS) is 12.6. The lowest BCUT2D eigenvalue weighted by atomic mass is 10.2. The molecule has 0 spiro atoms. The van der Waals surface area contributed by atoms with Gasteiger partial charge in [-0.3, -0.25) is 15.1 Å². The summed E-state index contributed by atoms with van der Waals surface area (Å²) >= 11 is 1.53. The van der Waals surface area contributed by atoms with E-state index in [1.165, 1.54) is 11.3 Å². The van der Waals surface area contributed by atoms with Crippen LogP contribution in [0.15, 0.2) is 11.7 Å². The summed E-state index contributed by atoms with van der Waals surface area (Å²) in [5, 5.41) is 11.9. The van der Waals surface area contributed by atoms with Crippen LogP contribution in [0.25, 0.3) is 0 Å². The van der Waals surface area contributed by atoms with Crippen molar-refractivity contribution in [3.05, 3.63) is 16.6 Å². The Bertz CT molecular complexity index is 274. The van der Waals surface area contributed by atoms with E-state index in [1.807, 2.05) is 6.92 Å². The summed E-state index contributed by atoms with van der Waals surface area (Å²) < 4.78 is 0. The molecule has 0 bridgehead atoms. The summed E-state index contributed by atoms with van der Waals surface area (Å²) in [6.07, 6.45) is 3.28. The van der Waals surface area contributed by atoms with Crippen LogP contribution in [0.2, 0.25) is 0 Å². The van der Waals surface area contributed by atoms with Crippen molar-refractivity contribution in [3.8, 4) is 0 Å². The van der Waals surface area contributed by atoms with E-state index in [1.54, 1.807) is 11.7 Å². The smallest absolute Gasteiger partial charge is 0.320 e. The first-order chi connectivity index (χ1) is 6.74. The predicted octanol–water partition coefficient (Wildman–Crippen LogP) is 1.49. The van der Waals surface area contributed by atoms with Crippen LogP contribution in [-0.2, 0) is 11.3 Å². The molecule has 0 aromatic carbocycles. The molecule has 0 radical (unpaired) electrons. The molecule has 1 aromatic rings. The number of hydrogen-bond donors (Lipinski definition) is 2. The Morgan fingerprint density at radius 2 is 2.57 bits per heavy atom. The highest BCUT2D eigenvalue weighted by Gasteiger charge is 2.15. The first-order valence-electron chi connectivity index (χ1n) is 4.57. The van der Waals surface area contributed by atoms with Crippen molar-refractivity contribution in [1.29, 1.82) is 0 Å². The Morgan fingerprint density at radius 3 is 3.07 bits per heavy atom. The first kappa shape index (κ1) is 11.1. The quantitative estimate of drug-likeness (QED) is 0.753. The van der Waals surface area contributed by atoms with Crippen molar-refractivity contribution in [3.63, 3.8) is 0 Å². The molecule has 0 aliphatic rings. The molecule has 0 amide bonds. The fourth-order valence-corrected chi connectivity index (χ4v) is 1.70. The van der Waals surface area contributed by atoms with Crippen molar-refractivity contribution < 1.29 is 9.90 Å². The predicted molar refractivity (Wildman–Crippen MR) is 55.3 cm³/mol. The number of nitrogens with one attached hydrogen (secondary N) is 1. The number of carboxylic acids is 1. The maximum atomic E-state index is 10.8. The van der Waals surface area contributed by atoms with Crippen molar-refractivity contribution in [2.75, 3.05) is 0 Å². The number of carbonyl (C=O) groups is 1. The Morgan fingerprint density at radius 1 is 1.79 bits per heavy atom. The van der Waals surface area contributed by atoms with Gasteiger partial charge in [-0.25, -0.2) is 0 Å². The number of nitrogens with zero attached hydrogens (tertiary/aromatic N) is 1. The van der Waals surface area contributed by atoms with Crippen LogP contribution < -0.4 is 5.32 Å². The number of hydrogen-bond acceptors (Lipinski definition) is 4. The molecule has 78 valence electrons. The average molecular weight is 214 g/mol. The number of rotatable bonds is 6. The molecule has 1 heterocycles. The second kappa shape index (κ2) is 5.72. The lowest BCUT2D eigenvalue weighted by molar-refractivity contribution is -0.139. The topological polar surface area (TPSA) is 62.2 Å². The largest absolute Gasteiger partial charge is 0.480 e. The second-order valence-corrected chi connectivity index (χ2v) is 4.00. The van der Waals surface area contributed by atoms with Crippen LogP contribution in [0.3, 0.4) is 0 Å². The zero-order chi connectivity index (χ0) is 10.4. The third-order valence-electron chi connectivity index (χ3n) is 1.88. The highest BCUT2D eigenvalue weighted by molar-refractivity contribution is 7.09. The fraction of sp³-hybridized carbons (Fsp3) is 0.556. The van der Waals surface area contributed by atoms with Crippen LogP contribution in [0.1, 0.15) is 24.6 Å². The second-order valence-electron chi connectivity index (χ2n) is 3.03. The van der Waals surface area contributed by atoms with Gasteiger partial charge in [-0.2, -0.15) is 0 Å². The highest BCUT2D eigenvalue weighted by atomic mass is 32.1. The molecule has 1 atom stereocenters. The minimum atomic E-state index is -0.781.